The average Bonchev–Trinajstić information content (AvgIpc) is 2.84. The van der Waals surface area contributed by atoms with Crippen LogP contribution < -0.4 is 0 Å². The first-order valence-electron chi connectivity index (χ1n) is 13.8. The van der Waals surface area contributed by atoms with Crippen LogP contribution in [0, 0.1) is 62.3 Å². The van der Waals surface area contributed by atoms with Gasteiger partial charge in [-0.25, -0.2) is 0 Å². The molecule has 0 spiro atoms. The van der Waals surface area contributed by atoms with E-state index in [0.29, 0.717) is 0 Å². The van der Waals surface area contributed by atoms with E-state index in [2.05, 4.69) is 129 Å². The first-order chi connectivity index (χ1) is 18.0. The summed E-state index contributed by atoms with van der Waals surface area (Å²) < 4.78 is 0. The summed E-state index contributed by atoms with van der Waals surface area (Å²) in [5, 5.41) is 2.79. The van der Waals surface area contributed by atoms with Crippen molar-refractivity contribution in [3.8, 4) is 22.3 Å². The van der Waals surface area contributed by atoms with Gasteiger partial charge < -0.3 is 0 Å². The third-order valence-corrected chi connectivity index (χ3v) is 8.61. The van der Waals surface area contributed by atoms with Crippen molar-refractivity contribution in [2.75, 3.05) is 0 Å². The van der Waals surface area contributed by atoms with Crippen LogP contribution >= 0.6 is 0 Å². The van der Waals surface area contributed by atoms with Gasteiger partial charge in [0.2, 0.25) is 0 Å². The molecule has 0 amide bonds. The van der Waals surface area contributed by atoms with Gasteiger partial charge in [-0.3, -0.25) is 0 Å². The van der Waals surface area contributed by atoms with Crippen LogP contribution in [-0.4, -0.2) is 0 Å². The van der Waals surface area contributed by atoms with Gasteiger partial charge in [0.05, 0.1) is 0 Å². The van der Waals surface area contributed by atoms with E-state index in [4.69, 9.17) is 0 Å². The summed E-state index contributed by atoms with van der Waals surface area (Å²) in [5.74, 6) is 0. The molecule has 0 radical (unpaired) electrons. The molecule has 0 atom stereocenters. The summed E-state index contributed by atoms with van der Waals surface area (Å²) in [4.78, 5) is 0. The van der Waals surface area contributed by atoms with Gasteiger partial charge in [0, 0.05) is 0 Å². The molecule has 0 bridgehead atoms. The van der Waals surface area contributed by atoms with Gasteiger partial charge in [-0.15, -0.1) is 0 Å². The second-order valence-corrected chi connectivity index (χ2v) is 11.6. The summed E-state index contributed by atoms with van der Waals surface area (Å²) in [5.41, 5.74) is 20.4. The van der Waals surface area contributed by atoms with E-state index in [1.165, 1.54) is 94.2 Å². The molecule has 5 aromatic carbocycles. The maximum atomic E-state index is 2.41. The highest BCUT2D eigenvalue weighted by Crippen LogP contribution is 2.35. The Bertz CT molecular complexity index is 1650. The van der Waals surface area contributed by atoms with Crippen molar-refractivity contribution < 1.29 is 0 Å². The Hall–Kier alpha value is -3.64. The number of fused-ring (bicyclic) bond motifs is 1. The molecule has 0 aliphatic heterocycles. The van der Waals surface area contributed by atoms with Gasteiger partial charge >= 0.3 is 0 Å². The normalized spacial score (nSPS) is 11.4. The number of benzene rings is 5. The zero-order chi connectivity index (χ0) is 27.3. The molecule has 192 valence electrons. The molecule has 0 N–H and O–H groups in total. The zero-order valence-electron chi connectivity index (χ0n) is 24.6. The summed E-state index contributed by atoms with van der Waals surface area (Å²) in [6.45, 7) is 20.2. The van der Waals surface area contributed by atoms with Crippen molar-refractivity contribution >= 4 is 10.8 Å². The van der Waals surface area contributed by atoms with Gasteiger partial charge in [-0.1, -0.05) is 72.3 Å². The van der Waals surface area contributed by atoms with Crippen molar-refractivity contribution in [1.82, 2.24) is 0 Å². The zero-order valence-corrected chi connectivity index (χ0v) is 24.6. The monoisotopic (exact) mass is 496 g/mol. The maximum absolute atomic E-state index is 2.41. The molecule has 0 fully saturated rings. The molecule has 0 heteroatoms. The molecular weight excluding hydrogens is 456 g/mol. The smallest absolute Gasteiger partial charge is 0.00202 e. The summed E-state index contributed by atoms with van der Waals surface area (Å²) >= 11 is 0. The Morgan fingerprint density at radius 2 is 1.03 bits per heavy atom. The Kier molecular flexibility index (Phi) is 6.78. The van der Waals surface area contributed by atoms with Gasteiger partial charge in [0.25, 0.3) is 0 Å². The van der Waals surface area contributed by atoms with Crippen LogP contribution in [0.25, 0.3) is 33.0 Å². The standard InChI is InChI=1S/C38H40/c1-22-10-12-32(13-11-22)33-18-27(6)37(28(7)19-33)34-16-24(3)36(25(4)17-34)21-31-14-26(5)38-30(9)29(8)23(2)15-35(38)20-31/h10-20H,21H2,1-9H3. The lowest BCUT2D eigenvalue weighted by molar-refractivity contribution is 1.12. The van der Waals surface area contributed by atoms with Crippen molar-refractivity contribution in [1.29, 1.82) is 0 Å². The minimum absolute atomic E-state index is 0.963. The minimum Gasteiger partial charge on any atom is -0.0587 e. The first kappa shape index (κ1) is 26.0. The van der Waals surface area contributed by atoms with Crippen LogP contribution in [0.3, 0.4) is 0 Å². The van der Waals surface area contributed by atoms with E-state index in [0.717, 1.165) is 6.42 Å². The fraction of sp³-hybridized carbons (Fsp3) is 0.263. The van der Waals surface area contributed by atoms with Gasteiger partial charge in [-0.05, 0) is 157 Å². The predicted octanol–water partition coefficient (Wildman–Crippen LogP) is 10.5. The molecule has 0 aromatic heterocycles. The maximum Gasteiger partial charge on any atom is -0.00202 e. The van der Waals surface area contributed by atoms with Crippen molar-refractivity contribution in [3.05, 3.63) is 128 Å². The van der Waals surface area contributed by atoms with Crippen LogP contribution in [0.15, 0.2) is 66.7 Å². The van der Waals surface area contributed by atoms with E-state index in [9.17, 15) is 0 Å². The predicted molar refractivity (Wildman–Crippen MR) is 167 cm³/mol. The van der Waals surface area contributed by atoms with Crippen LogP contribution in [0.2, 0.25) is 0 Å². The van der Waals surface area contributed by atoms with Crippen molar-refractivity contribution in [2.45, 2.75) is 68.7 Å². The van der Waals surface area contributed by atoms with Gasteiger partial charge in [0.1, 0.15) is 0 Å². The van der Waals surface area contributed by atoms with E-state index in [-0.39, 0.29) is 0 Å². The van der Waals surface area contributed by atoms with E-state index < -0.39 is 0 Å². The highest BCUT2D eigenvalue weighted by Gasteiger charge is 2.14. The minimum atomic E-state index is 0.963. The Morgan fingerprint density at radius 3 is 1.63 bits per heavy atom. The lowest BCUT2D eigenvalue weighted by Crippen LogP contribution is -2.00. The molecule has 0 aliphatic rings. The summed E-state index contributed by atoms with van der Waals surface area (Å²) in [7, 11) is 0. The summed E-state index contributed by atoms with van der Waals surface area (Å²) in [6, 6.07) is 25.5. The van der Waals surface area contributed by atoms with Crippen LogP contribution in [-0.2, 0) is 6.42 Å². The number of hydrogen-bond acceptors (Lipinski definition) is 0. The SMILES string of the molecule is Cc1ccc(-c2cc(C)c(-c3cc(C)c(Cc4cc(C)c5c(C)c(C)c(C)cc5c4)c(C)c3)c(C)c2)cc1. The molecule has 0 saturated heterocycles. The highest BCUT2D eigenvalue weighted by molar-refractivity contribution is 5.91. The largest absolute Gasteiger partial charge is 0.0587 e. The highest BCUT2D eigenvalue weighted by atomic mass is 14.2. The van der Waals surface area contributed by atoms with Crippen LogP contribution in [0.4, 0.5) is 0 Å². The molecule has 0 saturated carbocycles. The topological polar surface area (TPSA) is 0 Å². The van der Waals surface area contributed by atoms with E-state index in [1.54, 1.807) is 0 Å². The second-order valence-electron chi connectivity index (χ2n) is 11.6. The van der Waals surface area contributed by atoms with Crippen LogP contribution in [0.1, 0.15) is 61.2 Å². The van der Waals surface area contributed by atoms with E-state index in [1.807, 2.05) is 0 Å². The second kappa shape index (κ2) is 9.91. The van der Waals surface area contributed by atoms with Crippen molar-refractivity contribution in [3.63, 3.8) is 0 Å². The molecule has 0 nitrogen and oxygen atoms in total. The number of hydrogen-bond donors (Lipinski definition) is 0. The first-order valence-corrected chi connectivity index (χ1v) is 13.8. The van der Waals surface area contributed by atoms with Crippen LogP contribution in [0.5, 0.6) is 0 Å². The molecule has 0 unspecified atom stereocenters. The van der Waals surface area contributed by atoms with Crippen molar-refractivity contribution in [2.24, 2.45) is 0 Å². The molecule has 0 aliphatic carbocycles. The number of aryl methyl sites for hydroxylation is 8. The Morgan fingerprint density at radius 1 is 0.447 bits per heavy atom. The average molecular weight is 497 g/mol. The molecule has 5 rings (SSSR count). The fourth-order valence-corrected chi connectivity index (χ4v) is 6.40. The van der Waals surface area contributed by atoms with Gasteiger partial charge in [-0.2, -0.15) is 0 Å². The summed E-state index contributed by atoms with van der Waals surface area (Å²) in [6.07, 6.45) is 0.963. The molecular formula is C38H40. The molecule has 0 heterocycles. The molecule has 5 aromatic rings. The third-order valence-electron chi connectivity index (χ3n) is 8.61. The number of rotatable bonds is 4. The Balaban J connectivity index is 1.52. The van der Waals surface area contributed by atoms with E-state index >= 15 is 0 Å². The molecule has 38 heavy (non-hydrogen) atoms. The third kappa shape index (κ3) is 4.69. The van der Waals surface area contributed by atoms with Gasteiger partial charge in [0.15, 0.2) is 0 Å². The Labute approximate surface area is 229 Å². The quantitative estimate of drug-likeness (QED) is 0.232. The fourth-order valence-electron chi connectivity index (χ4n) is 6.40. The lowest BCUT2D eigenvalue weighted by Gasteiger charge is -2.18. The lowest BCUT2D eigenvalue weighted by atomic mass is 9.86.